The van der Waals surface area contributed by atoms with E-state index in [-0.39, 0.29) is 6.61 Å². The van der Waals surface area contributed by atoms with Gasteiger partial charge in [-0.15, -0.1) is 11.3 Å². The van der Waals surface area contributed by atoms with Gasteiger partial charge in [0.2, 0.25) is 0 Å². The van der Waals surface area contributed by atoms with Gasteiger partial charge in [-0.05, 0) is 30.3 Å². The summed E-state index contributed by atoms with van der Waals surface area (Å²) in [6, 6.07) is 9.16. The number of aromatic nitrogens is 2. The molecule has 1 aromatic carbocycles. The maximum absolute atomic E-state index is 11.8. The molecule has 23 heavy (non-hydrogen) atoms. The number of nitrogens with zero attached hydrogens (tertiary/aromatic N) is 1. The number of carbonyl (C=O) groups excluding carboxylic acids is 1. The molecule has 3 aromatic rings. The molecule has 1 N–H and O–H groups in total. The van der Waals surface area contributed by atoms with Crippen molar-refractivity contribution in [3.05, 3.63) is 57.8 Å². The van der Waals surface area contributed by atoms with Gasteiger partial charge in [-0.2, -0.15) is 0 Å². The predicted octanol–water partition coefficient (Wildman–Crippen LogP) is 4.27. The summed E-state index contributed by atoms with van der Waals surface area (Å²) in [5.74, 6) is 0.349. The molecule has 0 aliphatic rings. The number of rotatable bonds is 5. The average Bonchev–Trinajstić information content (AvgIpc) is 3.24. The van der Waals surface area contributed by atoms with E-state index in [4.69, 9.17) is 9.47 Å². The number of ether oxygens (including phenoxy) is 2. The fraction of sp³-hybridized carbons (Fsp3) is 0.125. The van der Waals surface area contributed by atoms with Gasteiger partial charge in [0, 0.05) is 16.0 Å². The first kappa shape index (κ1) is 15.8. The van der Waals surface area contributed by atoms with Crippen LogP contribution in [0.5, 0.6) is 5.75 Å². The van der Waals surface area contributed by atoms with Crippen molar-refractivity contribution in [1.82, 2.24) is 9.97 Å². The lowest BCUT2D eigenvalue weighted by atomic mass is 10.2. The summed E-state index contributed by atoms with van der Waals surface area (Å²) in [7, 11) is 1.62. The Morgan fingerprint density at radius 1 is 1.39 bits per heavy atom. The Kier molecular flexibility index (Phi) is 4.78. The van der Waals surface area contributed by atoms with Gasteiger partial charge in [-0.25, -0.2) is 9.78 Å². The van der Waals surface area contributed by atoms with Crippen LogP contribution in [0.15, 0.2) is 46.4 Å². The van der Waals surface area contributed by atoms with Crippen molar-refractivity contribution in [2.24, 2.45) is 0 Å². The molecule has 0 aliphatic carbocycles. The molecule has 118 valence electrons. The first-order valence-electron chi connectivity index (χ1n) is 6.76. The monoisotopic (exact) mass is 392 g/mol. The Bertz CT molecular complexity index is 815. The zero-order valence-corrected chi connectivity index (χ0v) is 14.6. The molecule has 0 radical (unpaired) electrons. The Morgan fingerprint density at radius 3 is 3.00 bits per heavy atom. The number of benzene rings is 1. The van der Waals surface area contributed by atoms with Crippen molar-refractivity contribution in [3.8, 4) is 16.3 Å². The Balaban J connectivity index is 1.73. The molecule has 7 heteroatoms. The smallest absolute Gasteiger partial charge is 0.355 e. The maximum atomic E-state index is 11.8. The van der Waals surface area contributed by atoms with E-state index in [1.54, 1.807) is 25.4 Å². The fourth-order valence-corrected chi connectivity index (χ4v) is 3.20. The summed E-state index contributed by atoms with van der Waals surface area (Å²) in [5.41, 5.74) is 2.02. The summed E-state index contributed by atoms with van der Waals surface area (Å²) in [6.45, 7) is 0.130. The number of H-pyrrole nitrogens is 1. The lowest BCUT2D eigenvalue weighted by Crippen LogP contribution is -2.05. The largest absolute Gasteiger partial charge is 0.496 e. The van der Waals surface area contributed by atoms with Crippen LogP contribution in [-0.2, 0) is 11.3 Å². The summed E-state index contributed by atoms with van der Waals surface area (Å²) in [5, 5.41) is 2.69. The highest BCUT2D eigenvalue weighted by Gasteiger charge is 2.13. The Hall–Kier alpha value is -2.12. The first-order chi connectivity index (χ1) is 11.2. The van der Waals surface area contributed by atoms with Gasteiger partial charge < -0.3 is 14.5 Å². The van der Waals surface area contributed by atoms with Crippen molar-refractivity contribution < 1.29 is 14.3 Å². The molecule has 2 aromatic heterocycles. The third-order valence-electron chi connectivity index (χ3n) is 3.11. The summed E-state index contributed by atoms with van der Waals surface area (Å²) in [4.78, 5) is 19.1. The number of thiazole rings is 1. The van der Waals surface area contributed by atoms with E-state index in [0.29, 0.717) is 11.4 Å². The van der Waals surface area contributed by atoms with E-state index >= 15 is 0 Å². The molecule has 0 fully saturated rings. The van der Waals surface area contributed by atoms with Gasteiger partial charge in [0.1, 0.15) is 23.1 Å². The van der Waals surface area contributed by atoms with E-state index in [9.17, 15) is 4.79 Å². The van der Waals surface area contributed by atoms with Crippen molar-refractivity contribution in [1.29, 1.82) is 0 Å². The lowest BCUT2D eigenvalue weighted by Gasteiger charge is -2.06. The van der Waals surface area contributed by atoms with Gasteiger partial charge in [0.05, 0.1) is 18.4 Å². The minimum atomic E-state index is -0.399. The topological polar surface area (TPSA) is 64.2 Å². The van der Waals surface area contributed by atoms with Crippen LogP contribution in [0.4, 0.5) is 0 Å². The van der Waals surface area contributed by atoms with Crippen LogP contribution < -0.4 is 4.74 Å². The van der Waals surface area contributed by atoms with Crippen LogP contribution in [0.1, 0.15) is 16.2 Å². The SMILES string of the molecule is COc1ccc(Br)cc1-c1nc(COC(=O)c2ccc[nH]2)cs1. The highest BCUT2D eigenvalue weighted by molar-refractivity contribution is 9.10. The number of carbonyl (C=O) groups is 1. The third kappa shape index (κ3) is 3.62. The van der Waals surface area contributed by atoms with Crippen LogP contribution in [0, 0.1) is 0 Å². The second-order valence-corrected chi connectivity index (χ2v) is 6.42. The minimum absolute atomic E-state index is 0.130. The van der Waals surface area contributed by atoms with Crippen molar-refractivity contribution in [3.63, 3.8) is 0 Å². The first-order valence-corrected chi connectivity index (χ1v) is 8.43. The molecular weight excluding hydrogens is 380 g/mol. The quantitative estimate of drug-likeness (QED) is 0.658. The highest BCUT2D eigenvalue weighted by Crippen LogP contribution is 2.34. The molecule has 0 spiro atoms. The molecule has 0 unspecified atom stereocenters. The van der Waals surface area contributed by atoms with Crippen molar-refractivity contribution in [2.45, 2.75) is 6.61 Å². The molecular formula is C16H13BrN2O3S. The summed E-state index contributed by atoms with van der Waals surface area (Å²) < 4.78 is 11.6. The zero-order chi connectivity index (χ0) is 16.2. The Morgan fingerprint density at radius 2 is 2.26 bits per heavy atom. The lowest BCUT2D eigenvalue weighted by molar-refractivity contribution is 0.0462. The third-order valence-corrected chi connectivity index (χ3v) is 4.53. The van der Waals surface area contributed by atoms with E-state index in [1.807, 2.05) is 23.6 Å². The van der Waals surface area contributed by atoms with E-state index in [2.05, 4.69) is 25.9 Å². The van der Waals surface area contributed by atoms with Crippen LogP contribution >= 0.6 is 27.3 Å². The molecule has 0 aliphatic heterocycles. The molecule has 2 heterocycles. The number of aromatic amines is 1. The standard InChI is InChI=1S/C16H13BrN2O3S/c1-21-14-5-4-10(17)7-12(14)15-19-11(9-23-15)8-22-16(20)13-3-2-6-18-13/h2-7,9,18H,8H2,1H3. The second kappa shape index (κ2) is 6.97. The van der Waals surface area contributed by atoms with E-state index in [1.165, 1.54) is 11.3 Å². The average molecular weight is 393 g/mol. The van der Waals surface area contributed by atoms with Gasteiger partial charge >= 0.3 is 5.97 Å². The van der Waals surface area contributed by atoms with Gasteiger partial charge in [0.15, 0.2) is 0 Å². The molecule has 0 saturated carbocycles. The maximum Gasteiger partial charge on any atom is 0.355 e. The molecule has 0 amide bonds. The molecule has 5 nitrogen and oxygen atoms in total. The van der Waals surface area contributed by atoms with Crippen molar-refractivity contribution >= 4 is 33.2 Å². The number of nitrogens with one attached hydrogen (secondary N) is 1. The van der Waals surface area contributed by atoms with Crippen molar-refractivity contribution in [2.75, 3.05) is 7.11 Å². The molecule has 0 bridgehead atoms. The van der Waals surface area contributed by atoms with Crippen LogP contribution in [0.2, 0.25) is 0 Å². The van der Waals surface area contributed by atoms with E-state index < -0.39 is 5.97 Å². The number of methoxy groups -OCH3 is 1. The van der Waals surface area contributed by atoms with Gasteiger partial charge in [-0.1, -0.05) is 15.9 Å². The number of hydrogen-bond acceptors (Lipinski definition) is 5. The fourth-order valence-electron chi connectivity index (χ4n) is 2.02. The molecule has 0 atom stereocenters. The zero-order valence-electron chi connectivity index (χ0n) is 12.2. The summed E-state index contributed by atoms with van der Waals surface area (Å²) >= 11 is 4.93. The summed E-state index contributed by atoms with van der Waals surface area (Å²) in [6.07, 6.45) is 1.68. The normalized spacial score (nSPS) is 10.5. The molecule has 3 rings (SSSR count). The van der Waals surface area contributed by atoms with E-state index in [0.717, 1.165) is 20.8 Å². The van der Waals surface area contributed by atoms with Gasteiger partial charge in [0.25, 0.3) is 0 Å². The van der Waals surface area contributed by atoms with Crippen LogP contribution in [0.25, 0.3) is 10.6 Å². The van der Waals surface area contributed by atoms with Crippen LogP contribution in [-0.4, -0.2) is 23.0 Å². The Labute approximate surface area is 145 Å². The minimum Gasteiger partial charge on any atom is -0.496 e. The van der Waals surface area contributed by atoms with Crippen LogP contribution in [0.3, 0.4) is 0 Å². The number of halogens is 1. The second-order valence-electron chi connectivity index (χ2n) is 4.65. The molecule has 0 saturated heterocycles. The highest BCUT2D eigenvalue weighted by atomic mass is 79.9. The number of esters is 1. The number of hydrogen-bond donors (Lipinski definition) is 1. The predicted molar refractivity (Wildman–Crippen MR) is 91.7 cm³/mol. The van der Waals surface area contributed by atoms with Gasteiger partial charge in [-0.3, -0.25) is 0 Å².